The molecule has 0 radical (unpaired) electrons. The monoisotopic (exact) mass is 330 g/mol. The van der Waals surface area contributed by atoms with Gasteiger partial charge in [-0.15, -0.1) is 0 Å². The first-order valence-electron chi connectivity index (χ1n) is 7.90. The second-order valence-electron chi connectivity index (χ2n) is 6.09. The molecule has 0 aliphatic heterocycles. The van der Waals surface area contributed by atoms with E-state index in [0.717, 1.165) is 35.2 Å². The van der Waals surface area contributed by atoms with E-state index in [-0.39, 0.29) is 5.97 Å². The summed E-state index contributed by atoms with van der Waals surface area (Å²) in [6, 6.07) is 3.69. The Hall–Kier alpha value is -2.02. The van der Waals surface area contributed by atoms with Gasteiger partial charge in [-0.05, 0) is 37.8 Å². The van der Waals surface area contributed by atoms with Crippen LogP contribution in [0.1, 0.15) is 65.1 Å². The molecule has 120 valence electrons. The minimum absolute atomic E-state index is 0.308. The average Bonchev–Trinajstić information content (AvgIpc) is 3.50. The van der Waals surface area contributed by atoms with E-state index in [1.54, 1.807) is 0 Å². The molecule has 2 aromatic rings. The lowest BCUT2D eigenvalue weighted by Crippen LogP contribution is -2.10. The highest BCUT2D eigenvalue weighted by atomic mass is 32.1. The maximum Gasteiger partial charge on any atom is 0.339 e. The molecule has 4 rings (SSSR count). The van der Waals surface area contributed by atoms with Crippen molar-refractivity contribution < 1.29 is 9.53 Å². The van der Waals surface area contributed by atoms with Crippen LogP contribution in [0.5, 0.6) is 0 Å². The zero-order valence-electron chi connectivity index (χ0n) is 12.9. The first-order chi connectivity index (χ1) is 11.2. The fourth-order valence-corrected chi connectivity index (χ4v) is 3.19. The van der Waals surface area contributed by atoms with E-state index in [1.807, 2.05) is 12.1 Å². The van der Waals surface area contributed by atoms with Gasteiger partial charge in [-0.25, -0.2) is 9.78 Å². The van der Waals surface area contributed by atoms with Crippen LogP contribution in [0, 0.1) is 0 Å². The molecular formula is C16H18N4O2S. The van der Waals surface area contributed by atoms with E-state index in [4.69, 9.17) is 4.74 Å². The number of nitrogens with zero attached hydrogens (tertiary/aromatic N) is 3. The smallest absolute Gasteiger partial charge is 0.339 e. The van der Waals surface area contributed by atoms with Crippen LogP contribution in [0.3, 0.4) is 0 Å². The average molecular weight is 330 g/mol. The molecule has 0 spiro atoms. The van der Waals surface area contributed by atoms with E-state index in [2.05, 4.69) is 19.7 Å². The first kappa shape index (κ1) is 14.6. The lowest BCUT2D eigenvalue weighted by Gasteiger charge is -2.09. The van der Waals surface area contributed by atoms with Crippen LogP contribution in [0.15, 0.2) is 12.1 Å². The zero-order valence-corrected chi connectivity index (χ0v) is 13.7. The number of nitrogens with one attached hydrogen (secondary N) is 1. The van der Waals surface area contributed by atoms with Gasteiger partial charge >= 0.3 is 5.97 Å². The topological polar surface area (TPSA) is 77.0 Å². The van der Waals surface area contributed by atoms with Crippen molar-refractivity contribution >= 4 is 22.6 Å². The van der Waals surface area contributed by atoms with Gasteiger partial charge in [0.05, 0.1) is 30.6 Å². The third-order valence-corrected chi connectivity index (χ3v) is 4.84. The molecule has 0 bridgehead atoms. The standard InChI is InChI=1S/C16H18N4O2S/c1-22-15(21)12-7-6-11(18-13(12)9-2-3-9)8-17-16-19-14(20-23-16)10-4-5-10/h6-7,9-10H,2-5,8H2,1H3,(H,17,19,20). The Labute approximate surface area is 138 Å². The third-order valence-electron chi connectivity index (χ3n) is 4.16. The number of methoxy groups -OCH3 is 1. The van der Waals surface area contributed by atoms with Crippen molar-refractivity contribution in [1.82, 2.24) is 14.3 Å². The molecule has 7 heteroatoms. The van der Waals surface area contributed by atoms with Gasteiger partial charge < -0.3 is 10.1 Å². The van der Waals surface area contributed by atoms with Crippen molar-refractivity contribution in [1.29, 1.82) is 0 Å². The van der Waals surface area contributed by atoms with Crippen molar-refractivity contribution in [3.63, 3.8) is 0 Å². The SMILES string of the molecule is COC(=O)c1ccc(CNc2nc(C3CC3)ns2)nc1C1CC1. The van der Waals surface area contributed by atoms with Gasteiger partial charge in [-0.2, -0.15) is 4.37 Å². The normalized spacial score (nSPS) is 17.1. The highest BCUT2D eigenvalue weighted by Gasteiger charge is 2.30. The van der Waals surface area contributed by atoms with E-state index in [1.165, 1.54) is 31.5 Å². The highest BCUT2D eigenvalue weighted by molar-refractivity contribution is 7.09. The molecule has 0 atom stereocenters. The quantitative estimate of drug-likeness (QED) is 0.820. The summed E-state index contributed by atoms with van der Waals surface area (Å²) in [4.78, 5) is 21.0. The van der Waals surface area contributed by atoms with Crippen molar-refractivity contribution in [2.24, 2.45) is 0 Å². The van der Waals surface area contributed by atoms with Crippen LogP contribution in [-0.2, 0) is 11.3 Å². The Kier molecular flexibility index (Phi) is 3.72. The van der Waals surface area contributed by atoms with E-state index in [9.17, 15) is 4.79 Å². The summed E-state index contributed by atoms with van der Waals surface area (Å²) in [5.41, 5.74) is 2.36. The van der Waals surface area contributed by atoms with E-state index in [0.29, 0.717) is 23.9 Å². The molecule has 0 unspecified atom stereocenters. The third kappa shape index (κ3) is 3.19. The summed E-state index contributed by atoms with van der Waals surface area (Å²) in [6.45, 7) is 0.584. The Morgan fingerprint density at radius 2 is 2.04 bits per heavy atom. The number of rotatable bonds is 6. The van der Waals surface area contributed by atoms with Crippen LogP contribution < -0.4 is 5.32 Å². The predicted octanol–water partition coefficient (Wildman–Crippen LogP) is 3.09. The van der Waals surface area contributed by atoms with Gasteiger partial charge in [0.15, 0.2) is 0 Å². The highest BCUT2D eigenvalue weighted by Crippen LogP contribution is 2.41. The lowest BCUT2D eigenvalue weighted by molar-refractivity contribution is 0.0599. The fraction of sp³-hybridized carbons (Fsp3) is 0.500. The fourth-order valence-electron chi connectivity index (χ4n) is 2.55. The minimum atomic E-state index is -0.308. The molecule has 0 aromatic carbocycles. The van der Waals surface area contributed by atoms with Crippen molar-refractivity contribution in [3.05, 3.63) is 34.9 Å². The second kappa shape index (κ2) is 5.88. The maximum absolute atomic E-state index is 11.8. The summed E-state index contributed by atoms with van der Waals surface area (Å²) >= 11 is 1.40. The van der Waals surface area contributed by atoms with Gasteiger partial charge in [0.2, 0.25) is 5.13 Å². The molecule has 2 aliphatic carbocycles. The number of ether oxygens (including phenoxy) is 1. The number of anilines is 1. The molecule has 0 amide bonds. The molecule has 0 saturated heterocycles. The summed E-state index contributed by atoms with van der Waals surface area (Å²) in [5.74, 6) is 1.62. The molecule has 2 fully saturated rings. The number of hydrogen-bond acceptors (Lipinski definition) is 7. The van der Waals surface area contributed by atoms with Gasteiger partial charge in [-0.3, -0.25) is 4.98 Å². The number of pyridine rings is 1. The largest absolute Gasteiger partial charge is 0.465 e. The first-order valence-corrected chi connectivity index (χ1v) is 8.67. The van der Waals surface area contributed by atoms with Crippen LogP contribution in [-0.4, -0.2) is 27.4 Å². The Morgan fingerprint density at radius 1 is 1.26 bits per heavy atom. The van der Waals surface area contributed by atoms with E-state index < -0.39 is 0 Å². The lowest BCUT2D eigenvalue weighted by atomic mass is 10.1. The Balaban J connectivity index is 1.47. The van der Waals surface area contributed by atoms with Crippen LogP contribution in [0.2, 0.25) is 0 Å². The molecular weight excluding hydrogens is 312 g/mol. The van der Waals surface area contributed by atoms with Crippen molar-refractivity contribution in [2.45, 2.75) is 44.1 Å². The Morgan fingerprint density at radius 3 is 2.74 bits per heavy atom. The molecule has 2 saturated carbocycles. The molecule has 23 heavy (non-hydrogen) atoms. The van der Waals surface area contributed by atoms with Gasteiger partial charge in [0.25, 0.3) is 0 Å². The van der Waals surface area contributed by atoms with Gasteiger partial charge in [0, 0.05) is 23.4 Å². The predicted molar refractivity (Wildman–Crippen MR) is 86.8 cm³/mol. The van der Waals surface area contributed by atoms with Gasteiger partial charge in [-0.1, -0.05) is 0 Å². The summed E-state index contributed by atoms with van der Waals surface area (Å²) < 4.78 is 9.23. The van der Waals surface area contributed by atoms with E-state index >= 15 is 0 Å². The minimum Gasteiger partial charge on any atom is -0.465 e. The van der Waals surface area contributed by atoms with Crippen molar-refractivity contribution in [2.75, 3.05) is 12.4 Å². The van der Waals surface area contributed by atoms with Crippen LogP contribution in [0.25, 0.3) is 0 Å². The molecule has 6 nitrogen and oxygen atoms in total. The molecule has 2 heterocycles. The number of carbonyl (C=O) groups excluding carboxylic acids is 1. The molecule has 1 N–H and O–H groups in total. The number of hydrogen-bond donors (Lipinski definition) is 1. The summed E-state index contributed by atoms with van der Waals surface area (Å²) in [6.07, 6.45) is 4.60. The van der Waals surface area contributed by atoms with Crippen LogP contribution in [0.4, 0.5) is 5.13 Å². The molecule has 2 aliphatic rings. The summed E-state index contributed by atoms with van der Waals surface area (Å²) in [5, 5.41) is 4.11. The zero-order chi connectivity index (χ0) is 15.8. The number of aromatic nitrogens is 3. The number of esters is 1. The molecule has 2 aromatic heterocycles. The Bertz CT molecular complexity index is 737. The number of carbonyl (C=O) groups is 1. The maximum atomic E-state index is 11.8. The second-order valence-corrected chi connectivity index (χ2v) is 6.84. The van der Waals surface area contributed by atoms with Gasteiger partial charge in [0.1, 0.15) is 5.82 Å². The van der Waals surface area contributed by atoms with Crippen LogP contribution >= 0.6 is 11.5 Å². The summed E-state index contributed by atoms with van der Waals surface area (Å²) in [7, 11) is 1.40. The van der Waals surface area contributed by atoms with Crippen molar-refractivity contribution in [3.8, 4) is 0 Å².